The lowest BCUT2D eigenvalue weighted by Gasteiger charge is -2.38. The smallest absolute Gasteiger partial charge is 0.0931 e. The first-order valence-electron chi connectivity index (χ1n) is 6.87. The Bertz CT molecular complexity index is 397. The van der Waals surface area contributed by atoms with Crippen LogP contribution in [0, 0.1) is 0 Å². The highest BCUT2D eigenvalue weighted by molar-refractivity contribution is 7.16. The predicted molar refractivity (Wildman–Crippen MR) is 82.3 cm³/mol. The maximum Gasteiger partial charge on any atom is 0.0931 e. The zero-order valence-electron chi connectivity index (χ0n) is 11.9. The number of nitrogens with zero attached hydrogens (tertiary/aromatic N) is 1. The van der Waals surface area contributed by atoms with E-state index < -0.39 is 0 Å². The van der Waals surface area contributed by atoms with Crippen LogP contribution >= 0.6 is 22.9 Å². The van der Waals surface area contributed by atoms with Crippen LogP contribution in [0.5, 0.6) is 0 Å². The minimum atomic E-state index is 0.252. The fourth-order valence-corrected chi connectivity index (χ4v) is 3.65. The topological polar surface area (TPSA) is 24.5 Å². The van der Waals surface area contributed by atoms with Gasteiger partial charge in [0.15, 0.2) is 0 Å². The molecule has 5 heteroatoms. The van der Waals surface area contributed by atoms with Gasteiger partial charge < -0.3 is 10.1 Å². The monoisotopic (exact) mass is 302 g/mol. The molecular formula is C14H23ClN2OS. The first-order valence-corrected chi connectivity index (χ1v) is 8.06. The van der Waals surface area contributed by atoms with E-state index in [0.29, 0.717) is 12.1 Å². The largest absolute Gasteiger partial charge is 0.374 e. The number of hydrogen-bond acceptors (Lipinski definition) is 4. The summed E-state index contributed by atoms with van der Waals surface area (Å²) in [6, 6.07) is 5.01. The lowest BCUT2D eigenvalue weighted by Crippen LogP contribution is -2.53. The molecule has 0 radical (unpaired) electrons. The first kappa shape index (κ1) is 15.3. The molecule has 1 saturated heterocycles. The number of nitrogens with one attached hydrogen (secondary N) is 1. The van der Waals surface area contributed by atoms with E-state index in [2.05, 4.69) is 30.1 Å². The molecule has 2 unspecified atom stereocenters. The third kappa shape index (κ3) is 4.17. The Kier molecular flexibility index (Phi) is 5.66. The fraction of sp³-hybridized carbons (Fsp3) is 0.714. The number of thiophene rings is 1. The van der Waals surface area contributed by atoms with E-state index in [4.69, 9.17) is 16.3 Å². The van der Waals surface area contributed by atoms with Gasteiger partial charge >= 0.3 is 0 Å². The van der Waals surface area contributed by atoms with Crippen LogP contribution in [0.1, 0.15) is 18.7 Å². The van der Waals surface area contributed by atoms with Crippen LogP contribution in [0.2, 0.25) is 4.34 Å². The van der Waals surface area contributed by atoms with E-state index in [9.17, 15) is 0 Å². The number of morpholine rings is 1. The molecule has 2 heterocycles. The van der Waals surface area contributed by atoms with E-state index in [1.54, 1.807) is 11.3 Å². The molecule has 1 aliphatic rings. The molecule has 0 spiro atoms. The summed E-state index contributed by atoms with van der Waals surface area (Å²) in [4.78, 5) is 3.80. The SMILES string of the molecule is CNC(Cc1ccc(Cl)s1)C1CN(C(C)C)CCO1. The second-order valence-corrected chi connectivity index (χ2v) is 7.10. The van der Waals surface area contributed by atoms with Gasteiger partial charge in [-0.1, -0.05) is 11.6 Å². The molecule has 0 saturated carbocycles. The van der Waals surface area contributed by atoms with Crippen molar-refractivity contribution in [2.75, 3.05) is 26.7 Å². The van der Waals surface area contributed by atoms with Crippen molar-refractivity contribution in [3.63, 3.8) is 0 Å². The number of halogens is 1. The van der Waals surface area contributed by atoms with Crippen molar-refractivity contribution in [3.05, 3.63) is 21.3 Å². The Morgan fingerprint density at radius 2 is 2.32 bits per heavy atom. The first-order chi connectivity index (χ1) is 9.10. The Hall–Kier alpha value is -0.130. The Morgan fingerprint density at radius 1 is 1.53 bits per heavy atom. The van der Waals surface area contributed by atoms with Gasteiger partial charge in [0.05, 0.1) is 17.0 Å². The predicted octanol–water partition coefficient (Wildman–Crippen LogP) is 2.64. The fourth-order valence-electron chi connectivity index (χ4n) is 2.51. The zero-order chi connectivity index (χ0) is 13.8. The van der Waals surface area contributed by atoms with E-state index in [1.807, 2.05) is 13.1 Å². The molecule has 2 atom stereocenters. The summed E-state index contributed by atoms with van der Waals surface area (Å²) < 4.78 is 6.82. The minimum absolute atomic E-state index is 0.252. The standard InChI is InChI=1S/C14H23ClN2OS/c1-10(2)17-6-7-18-13(9-17)12(16-3)8-11-4-5-14(15)19-11/h4-5,10,12-13,16H,6-9H2,1-3H3. The van der Waals surface area contributed by atoms with Crippen molar-refractivity contribution < 1.29 is 4.74 Å². The van der Waals surface area contributed by atoms with Gasteiger partial charge in [-0.15, -0.1) is 11.3 Å². The summed E-state index contributed by atoms with van der Waals surface area (Å²) in [7, 11) is 2.01. The molecule has 19 heavy (non-hydrogen) atoms. The molecule has 1 fully saturated rings. The van der Waals surface area contributed by atoms with Crippen LogP contribution in [0.3, 0.4) is 0 Å². The van der Waals surface area contributed by atoms with Crippen molar-refractivity contribution >= 4 is 22.9 Å². The minimum Gasteiger partial charge on any atom is -0.374 e. The van der Waals surface area contributed by atoms with Gasteiger partial charge in [-0.25, -0.2) is 0 Å². The summed E-state index contributed by atoms with van der Waals surface area (Å²) in [5, 5.41) is 3.40. The van der Waals surface area contributed by atoms with Gasteiger partial charge in [-0.2, -0.15) is 0 Å². The van der Waals surface area contributed by atoms with Crippen molar-refractivity contribution in [2.24, 2.45) is 0 Å². The molecule has 1 N–H and O–H groups in total. The highest BCUT2D eigenvalue weighted by Crippen LogP contribution is 2.24. The van der Waals surface area contributed by atoms with Gasteiger partial charge in [-0.3, -0.25) is 4.90 Å². The van der Waals surface area contributed by atoms with E-state index >= 15 is 0 Å². The maximum atomic E-state index is 6.00. The van der Waals surface area contributed by atoms with Crippen molar-refractivity contribution in [1.29, 1.82) is 0 Å². The number of hydrogen-bond donors (Lipinski definition) is 1. The zero-order valence-corrected chi connectivity index (χ0v) is 13.4. The third-order valence-corrected chi connectivity index (χ3v) is 4.98. The Balaban J connectivity index is 1.96. The Morgan fingerprint density at radius 3 is 2.89 bits per heavy atom. The molecule has 0 aromatic carbocycles. The summed E-state index contributed by atoms with van der Waals surface area (Å²) in [5.74, 6) is 0. The average molecular weight is 303 g/mol. The van der Waals surface area contributed by atoms with E-state index in [1.165, 1.54) is 4.88 Å². The Labute approximate surface area is 124 Å². The van der Waals surface area contributed by atoms with Gasteiger partial charge in [0, 0.05) is 30.1 Å². The average Bonchev–Trinajstić information content (AvgIpc) is 2.81. The highest BCUT2D eigenvalue weighted by Gasteiger charge is 2.28. The molecule has 3 nitrogen and oxygen atoms in total. The van der Waals surface area contributed by atoms with Gasteiger partial charge in [0.1, 0.15) is 0 Å². The normalized spacial score (nSPS) is 22.9. The van der Waals surface area contributed by atoms with Crippen LogP contribution in [-0.4, -0.2) is 49.8 Å². The van der Waals surface area contributed by atoms with Crippen molar-refractivity contribution in [2.45, 2.75) is 38.5 Å². The molecular weight excluding hydrogens is 280 g/mol. The lowest BCUT2D eigenvalue weighted by atomic mass is 10.0. The van der Waals surface area contributed by atoms with Crippen LogP contribution in [0.25, 0.3) is 0 Å². The highest BCUT2D eigenvalue weighted by atomic mass is 35.5. The van der Waals surface area contributed by atoms with Crippen LogP contribution < -0.4 is 5.32 Å². The second-order valence-electron chi connectivity index (χ2n) is 5.30. The van der Waals surface area contributed by atoms with Crippen molar-refractivity contribution in [3.8, 4) is 0 Å². The number of likely N-dealkylation sites (N-methyl/N-ethyl adjacent to an activating group) is 1. The summed E-state index contributed by atoms with van der Waals surface area (Å²) >= 11 is 7.65. The van der Waals surface area contributed by atoms with Crippen molar-refractivity contribution in [1.82, 2.24) is 10.2 Å². The molecule has 1 aromatic heterocycles. The van der Waals surface area contributed by atoms with Gasteiger partial charge in [0.2, 0.25) is 0 Å². The molecule has 0 bridgehead atoms. The van der Waals surface area contributed by atoms with Crippen LogP contribution in [0.4, 0.5) is 0 Å². The molecule has 1 aliphatic heterocycles. The molecule has 0 aliphatic carbocycles. The second kappa shape index (κ2) is 7.04. The lowest BCUT2D eigenvalue weighted by molar-refractivity contribution is -0.0540. The number of rotatable bonds is 5. The van der Waals surface area contributed by atoms with Crippen LogP contribution in [0.15, 0.2) is 12.1 Å². The van der Waals surface area contributed by atoms with Gasteiger partial charge in [-0.05, 0) is 39.4 Å². The van der Waals surface area contributed by atoms with E-state index in [0.717, 1.165) is 30.5 Å². The summed E-state index contributed by atoms with van der Waals surface area (Å²) in [6.45, 7) is 7.36. The summed E-state index contributed by atoms with van der Waals surface area (Å²) in [6.07, 6.45) is 1.23. The molecule has 0 amide bonds. The maximum absolute atomic E-state index is 6.00. The summed E-state index contributed by atoms with van der Waals surface area (Å²) in [5.41, 5.74) is 0. The third-order valence-electron chi connectivity index (χ3n) is 3.72. The number of ether oxygens (including phenoxy) is 1. The van der Waals surface area contributed by atoms with Crippen LogP contribution in [-0.2, 0) is 11.2 Å². The van der Waals surface area contributed by atoms with E-state index in [-0.39, 0.29) is 6.10 Å². The van der Waals surface area contributed by atoms with Gasteiger partial charge in [0.25, 0.3) is 0 Å². The quantitative estimate of drug-likeness (QED) is 0.905. The molecule has 1 aromatic rings. The molecule has 108 valence electrons. The molecule has 2 rings (SSSR count).